The van der Waals surface area contributed by atoms with E-state index in [1.54, 1.807) is 0 Å². The molecule has 3 nitrogen and oxygen atoms in total. The van der Waals surface area contributed by atoms with Crippen LogP contribution in [0.3, 0.4) is 0 Å². The molecule has 2 rings (SSSR count). The molecule has 0 unspecified atom stereocenters. The van der Waals surface area contributed by atoms with Gasteiger partial charge in [-0.2, -0.15) is 0 Å². The third-order valence-corrected chi connectivity index (χ3v) is 3.55. The molecule has 0 saturated carbocycles. The van der Waals surface area contributed by atoms with Crippen LogP contribution in [0, 0.1) is 0 Å². The highest BCUT2D eigenvalue weighted by atomic mass is 79.9. The van der Waals surface area contributed by atoms with Crippen molar-refractivity contribution in [2.75, 3.05) is 23.9 Å². The molecule has 0 radical (unpaired) electrons. The number of hydrogen-bond acceptors (Lipinski definition) is 2. The maximum atomic E-state index is 5.70. The SMILES string of the molecule is NC(CCl)=Nc1ccc(Br)cc1N1CCCC1. The molecule has 1 aliphatic rings. The molecule has 1 aromatic carbocycles. The predicted molar refractivity (Wildman–Crippen MR) is 77.6 cm³/mol. The summed E-state index contributed by atoms with van der Waals surface area (Å²) >= 11 is 9.16. The van der Waals surface area contributed by atoms with Gasteiger partial charge in [-0.3, -0.25) is 0 Å². The third-order valence-electron chi connectivity index (χ3n) is 2.79. The van der Waals surface area contributed by atoms with Gasteiger partial charge < -0.3 is 10.6 Å². The van der Waals surface area contributed by atoms with Crippen molar-refractivity contribution in [2.45, 2.75) is 12.8 Å². The average Bonchev–Trinajstić information content (AvgIpc) is 2.84. The summed E-state index contributed by atoms with van der Waals surface area (Å²) in [4.78, 5) is 6.70. The Bertz CT molecular complexity index is 428. The van der Waals surface area contributed by atoms with Gasteiger partial charge in [0.2, 0.25) is 0 Å². The largest absolute Gasteiger partial charge is 0.386 e. The number of alkyl halides is 1. The van der Waals surface area contributed by atoms with Gasteiger partial charge in [-0.15, -0.1) is 11.6 Å². The van der Waals surface area contributed by atoms with Crippen molar-refractivity contribution in [1.29, 1.82) is 0 Å². The lowest BCUT2D eigenvalue weighted by atomic mass is 10.2. The molecule has 1 aliphatic heterocycles. The van der Waals surface area contributed by atoms with E-state index in [-0.39, 0.29) is 5.88 Å². The molecule has 0 aliphatic carbocycles. The zero-order valence-corrected chi connectivity index (χ0v) is 11.8. The van der Waals surface area contributed by atoms with Crippen molar-refractivity contribution in [1.82, 2.24) is 0 Å². The number of benzene rings is 1. The van der Waals surface area contributed by atoms with Crippen molar-refractivity contribution in [3.63, 3.8) is 0 Å². The maximum Gasteiger partial charge on any atom is 0.115 e. The molecule has 0 bridgehead atoms. The summed E-state index contributed by atoms with van der Waals surface area (Å²) in [6.07, 6.45) is 2.47. The van der Waals surface area contributed by atoms with E-state index in [9.17, 15) is 0 Å². The van der Waals surface area contributed by atoms with Gasteiger partial charge in [-0.25, -0.2) is 4.99 Å². The highest BCUT2D eigenvalue weighted by Crippen LogP contribution is 2.33. The van der Waals surface area contributed by atoms with Gasteiger partial charge in [0.1, 0.15) is 5.84 Å². The van der Waals surface area contributed by atoms with Gasteiger partial charge in [0.05, 0.1) is 17.3 Å². The second kappa shape index (κ2) is 5.74. The fourth-order valence-corrected chi connectivity index (χ4v) is 2.40. The van der Waals surface area contributed by atoms with Crippen LogP contribution in [0.15, 0.2) is 27.7 Å². The monoisotopic (exact) mass is 315 g/mol. The minimum Gasteiger partial charge on any atom is -0.386 e. The lowest BCUT2D eigenvalue weighted by molar-refractivity contribution is 0.949. The van der Waals surface area contributed by atoms with Crippen molar-refractivity contribution in [3.8, 4) is 0 Å². The molecular weight excluding hydrogens is 302 g/mol. The van der Waals surface area contributed by atoms with E-state index in [0.29, 0.717) is 5.84 Å². The average molecular weight is 317 g/mol. The Kier molecular flexibility index (Phi) is 4.29. The van der Waals surface area contributed by atoms with Crippen LogP contribution in [-0.4, -0.2) is 24.8 Å². The lowest BCUT2D eigenvalue weighted by Crippen LogP contribution is -2.18. The second-order valence-corrected chi connectivity index (χ2v) is 5.25. The van der Waals surface area contributed by atoms with Gasteiger partial charge in [0, 0.05) is 17.6 Å². The molecule has 0 aromatic heterocycles. The summed E-state index contributed by atoms with van der Waals surface area (Å²) in [5, 5.41) is 0. The van der Waals surface area contributed by atoms with Crippen molar-refractivity contribution in [3.05, 3.63) is 22.7 Å². The van der Waals surface area contributed by atoms with Crippen LogP contribution in [-0.2, 0) is 0 Å². The van der Waals surface area contributed by atoms with Crippen LogP contribution >= 0.6 is 27.5 Å². The van der Waals surface area contributed by atoms with E-state index >= 15 is 0 Å². The summed E-state index contributed by atoms with van der Waals surface area (Å²) < 4.78 is 1.06. The Morgan fingerprint density at radius 3 is 2.76 bits per heavy atom. The Morgan fingerprint density at radius 1 is 1.41 bits per heavy atom. The molecule has 1 fully saturated rings. The number of halogens is 2. The van der Waals surface area contributed by atoms with E-state index in [0.717, 1.165) is 28.9 Å². The Morgan fingerprint density at radius 2 is 2.12 bits per heavy atom. The molecule has 5 heteroatoms. The van der Waals surface area contributed by atoms with Gasteiger partial charge >= 0.3 is 0 Å². The summed E-state index contributed by atoms with van der Waals surface area (Å²) in [6, 6.07) is 6.03. The molecule has 1 aromatic rings. The number of hydrogen-bond donors (Lipinski definition) is 1. The second-order valence-electron chi connectivity index (χ2n) is 4.06. The van der Waals surface area contributed by atoms with Crippen molar-refractivity contribution in [2.24, 2.45) is 10.7 Å². The molecule has 17 heavy (non-hydrogen) atoms. The zero-order valence-electron chi connectivity index (χ0n) is 9.50. The van der Waals surface area contributed by atoms with Crippen molar-refractivity contribution < 1.29 is 0 Å². The highest BCUT2D eigenvalue weighted by Gasteiger charge is 2.16. The molecular formula is C12H15BrClN3. The van der Waals surface area contributed by atoms with E-state index in [1.165, 1.54) is 12.8 Å². The van der Waals surface area contributed by atoms with E-state index in [4.69, 9.17) is 17.3 Å². The fourth-order valence-electron chi connectivity index (χ4n) is 1.99. The first-order chi connectivity index (χ1) is 8.20. The normalized spacial score (nSPS) is 16.6. The quantitative estimate of drug-likeness (QED) is 0.528. The minimum atomic E-state index is 0.259. The predicted octanol–water partition coefficient (Wildman–Crippen LogP) is 3.28. The van der Waals surface area contributed by atoms with Crippen LogP contribution in [0.5, 0.6) is 0 Å². The Hall–Kier alpha value is -0.740. The van der Waals surface area contributed by atoms with Gasteiger partial charge in [0.25, 0.3) is 0 Å². The first-order valence-corrected chi connectivity index (χ1v) is 6.97. The summed E-state index contributed by atoms with van der Waals surface area (Å²) in [6.45, 7) is 2.17. The maximum absolute atomic E-state index is 5.70. The van der Waals surface area contributed by atoms with Crippen LogP contribution in [0.2, 0.25) is 0 Å². The molecule has 0 atom stereocenters. The van der Waals surface area contributed by atoms with Crippen LogP contribution in [0.4, 0.5) is 11.4 Å². The van der Waals surface area contributed by atoms with Gasteiger partial charge in [-0.05, 0) is 31.0 Å². The van der Waals surface area contributed by atoms with Gasteiger partial charge in [-0.1, -0.05) is 15.9 Å². The van der Waals surface area contributed by atoms with E-state index in [2.05, 4.69) is 31.9 Å². The van der Waals surface area contributed by atoms with Gasteiger partial charge in [0.15, 0.2) is 0 Å². The smallest absolute Gasteiger partial charge is 0.115 e. The third kappa shape index (κ3) is 3.13. The van der Waals surface area contributed by atoms with Crippen LogP contribution in [0.1, 0.15) is 12.8 Å². The van der Waals surface area contributed by atoms with Crippen molar-refractivity contribution >= 4 is 44.7 Å². The van der Waals surface area contributed by atoms with E-state index in [1.807, 2.05) is 12.1 Å². The number of amidine groups is 1. The standard InChI is InChI=1S/C12H15BrClN3/c13-9-3-4-10(16-12(15)8-14)11(7-9)17-5-1-2-6-17/h3-4,7H,1-2,5-6,8H2,(H2,15,16). The topological polar surface area (TPSA) is 41.6 Å². The van der Waals surface area contributed by atoms with Crippen LogP contribution in [0.25, 0.3) is 0 Å². The Balaban J connectivity index is 2.36. The minimum absolute atomic E-state index is 0.259. The van der Waals surface area contributed by atoms with E-state index < -0.39 is 0 Å². The fraction of sp³-hybridized carbons (Fsp3) is 0.417. The highest BCUT2D eigenvalue weighted by molar-refractivity contribution is 9.10. The number of nitrogens with zero attached hydrogens (tertiary/aromatic N) is 2. The molecule has 1 heterocycles. The molecule has 2 N–H and O–H groups in total. The Labute approximate surface area is 115 Å². The molecule has 0 amide bonds. The first-order valence-electron chi connectivity index (χ1n) is 5.64. The number of nitrogens with two attached hydrogens (primary N) is 1. The van der Waals surface area contributed by atoms with Crippen LogP contribution < -0.4 is 10.6 Å². The first kappa shape index (κ1) is 12.7. The summed E-state index contributed by atoms with van der Waals surface area (Å²) in [5.41, 5.74) is 7.72. The zero-order chi connectivity index (χ0) is 12.3. The summed E-state index contributed by atoms with van der Waals surface area (Å²) in [5.74, 6) is 0.713. The molecule has 0 spiro atoms. The summed E-state index contributed by atoms with van der Waals surface area (Å²) in [7, 11) is 0. The molecule has 1 saturated heterocycles. The number of anilines is 1. The number of aliphatic imine (C=N–C) groups is 1. The molecule has 92 valence electrons. The number of rotatable bonds is 3. The lowest BCUT2D eigenvalue weighted by Gasteiger charge is -2.20.